The first-order valence-corrected chi connectivity index (χ1v) is 7.91. The maximum absolute atomic E-state index is 12.4. The molecule has 3 N–H and O–H groups in total. The molecular weight excluding hydrogens is 304 g/mol. The number of nitrogens with two attached hydrogens (primary N) is 1. The molecule has 1 atom stereocenters. The molecule has 0 aromatic heterocycles. The lowest BCUT2D eigenvalue weighted by atomic mass is 10.1. The Morgan fingerprint density at radius 1 is 1.08 bits per heavy atom. The van der Waals surface area contributed by atoms with Gasteiger partial charge in [0.25, 0.3) is 11.8 Å². The Kier molecular flexibility index (Phi) is 6.37. The van der Waals surface area contributed by atoms with Crippen molar-refractivity contribution in [2.24, 2.45) is 5.73 Å². The Morgan fingerprint density at radius 2 is 1.75 bits per heavy atom. The van der Waals surface area contributed by atoms with E-state index in [4.69, 9.17) is 10.5 Å². The molecule has 2 amide bonds. The maximum Gasteiger partial charge on any atom is 0.255 e. The third kappa shape index (κ3) is 5.43. The van der Waals surface area contributed by atoms with Crippen molar-refractivity contribution in [3.8, 4) is 5.75 Å². The van der Waals surface area contributed by atoms with Gasteiger partial charge in [-0.1, -0.05) is 42.5 Å². The molecule has 0 saturated heterocycles. The van der Waals surface area contributed by atoms with Crippen LogP contribution < -0.4 is 15.8 Å². The summed E-state index contributed by atoms with van der Waals surface area (Å²) in [7, 11) is 0. The first-order valence-electron chi connectivity index (χ1n) is 7.91. The largest absolute Gasteiger partial charge is 0.483 e. The number of benzene rings is 2. The van der Waals surface area contributed by atoms with Crippen LogP contribution in [0.1, 0.15) is 29.3 Å². The normalized spacial score (nSPS) is 11.5. The number of para-hydroxylation sites is 1. The molecule has 0 saturated carbocycles. The fourth-order valence-electron chi connectivity index (χ4n) is 2.33. The molecule has 2 rings (SSSR count). The average Bonchev–Trinajstić information content (AvgIpc) is 2.59. The molecular formula is C19H22N2O3. The van der Waals surface area contributed by atoms with Crippen LogP contribution in [-0.2, 0) is 11.2 Å². The third-order valence-electron chi connectivity index (χ3n) is 3.59. The van der Waals surface area contributed by atoms with Gasteiger partial charge in [0.1, 0.15) is 5.75 Å². The number of nitrogens with one attached hydrogen (secondary N) is 1. The molecule has 24 heavy (non-hydrogen) atoms. The molecule has 0 aliphatic heterocycles. The molecule has 0 heterocycles. The number of hydrogen-bond donors (Lipinski definition) is 2. The number of carbonyl (C=O) groups is 2. The van der Waals surface area contributed by atoms with Crippen molar-refractivity contribution in [1.29, 1.82) is 0 Å². The van der Waals surface area contributed by atoms with Crippen LogP contribution in [-0.4, -0.2) is 24.5 Å². The zero-order chi connectivity index (χ0) is 17.4. The smallest absolute Gasteiger partial charge is 0.255 e. The van der Waals surface area contributed by atoms with Crippen LogP contribution >= 0.6 is 0 Å². The molecule has 0 spiro atoms. The molecule has 0 radical (unpaired) electrons. The van der Waals surface area contributed by atoms with Gasteiger partial charge in [-0.2, -0.15) is 0 Å². The van der Waals surface area contributed by atoms with E-state index in [1.165, 1.54) is 5.56 Å². The predicted octanol–water partition coefficient (Wildman–Crippen LogP) is 2.30. The van der Waals surface area contributed by atoms with Crippen LogP contribution in [0, 0.1) is 0 Å². The molecule has 1 unspecified atom stereocenters. The van der Waals surface area contributed by atoms with Crippen molar-refractivity contribution in [3.05, 3.63) is 65.7 Å². The first-order chi connectivity index (χ1) is 11.6. The topological polar surface area (TPSA) is 81.4 Å². The van der Waals surface area contributed by atoms with Crippen molar-refractivity contribution in [2.75, 3.05) is 6.61 Å². The summed E-state index contributed by atoms with van der Waals surface area (Å²) in [5, 5.41) is 2.96. The lowest BCUT2D eigenvalue weighted by Gasteiger charge is -2.16. The van der Waals surface area contributed by atoms with E-state index in [9.17, 15) is 9.59 Å². The molecule has 2 aromatic carbocycles. The summed E-state index contributed by atoms with van der Waals surface area (Å²) in [4.78, 5) is 23.3. The Hall–Kier alpha value is -2.82. The van der Waals surface area contributed by atoms with Gasteiger partial charge in [-0.3, -0.25) is 9.59 Å². The summed E-state index contributed by atoms with van der Waals surface area (Å²) in [5.74, 6) is -0.457. The van der Waals surface area contributed by atoms with E-state index in [-0.39, 0.29) is 18.6 Å². The summed E-state index contributed by atoms with van der Waals surface area (Å²) in [6, 6.07) is 17.0. The highest BCUT2D eigenvalue weighted by Gasteiger charge is 2.15. The minimum absolute atomic E-state index is 0.0157. The van der Waals surface area contributed by atoms with Crippen molar-refractivity contribution in [1.82, 2.24) is 5.32 Å². The second kappa shape index (κ2) is 8.72. The van der Waals surface area contributed by atoms with Gasteiger partial charge in [0.05, 0.1) is 5.56 Å². The Bertz CT molecular complexity index is 686. The number of aryl methyl sites for hydroxylation is 1. The van der Waals surface area contributed by atoms with Gasteiger partial charge in [-0.15, -0.1) is 0 Å². The number of primary amides is 1. The van der Waals surface area contributed by atoms with Crippen molar-refractivity contribution >= 4 is 11.8 Å². The lowest BCUT2D eigenvalue weighted by Crippen LogP contribution is -2.33. The van der Waals surface area contributed by atoms with Gasteiger partial charge in [-0.05, 0) is 37.5 Å². The van der Waals surface area contributed by atoms with Crippen LogP contribution in [0.3, 0.4) is 0 Å². The minimum atomic E-state index is -0.582. The standard InChI is InChI=1S/C19H22N2O3/c1-14(11-12-15-7-3-2-4-8-15)21-19(23)16-9-5-6-10-17(16)24-13-18(20)22/h2-10,14H,11-13H2,1H3,(H2,20,22)(H,21,23). The summed E-state index contributed by atoms with van der Waals surface area (Å²) in [6.07, 6.45) is 1.72. The number of hydrogen-bond acceptors (Lipinski definition) is 3. The molecule has 2 aromatic rings. The fourth-order valence-corrected chi connectivity index (χ4v) is 2.33. The number of amides is 2. The quantitative estimate of drug-likeness (QED) is 0.781. The van der Waals surface area contributed by atoms with Crippen LogP contribution in [0.5, 0.6) is 5.75 Å². The zero-order valence-electron chi connectivity index (χ0n) is 13.7. The Morgan fingerprint density at radius 3 is 2.46 bits per heavy atom. The van der Waals surface area contributed by atoms with Gasteiger partial charge >= 0.3 is 0 Å². The van der Waals surface area contributed by atoms with Crippen molar-refractivity contribution < 1.29 is 14.3 Å². The van der Waals surface area contributed by atoms with Crippen molar-refractivity contribution in [3.63, 3.8) is 0 Å². The number of rotatable bonds is 8. The van der Waals surface area contributed by atoms with E-state index in [0.717, 1.165) is 12.8 Å². The number of ether oxygens (including phenoxy) is 1. The SMILES string of the molecule is CC(CCc1ccccc1)NC(=O)c1ccccc1OCC(N)=O. The highest BCUT2D eigenvalue weighted by atomic mass is 16.5. The molecule has 126 valence electrons. The lowest BCUT2D eigenvalue weighted by molar-refractivity contribution is -0.119. The zero-order valence-corrected chi connectivity index (χ0v) is 13.7. The van der Waals surface area contributed by atoms with Crippen LogP contribution in [0.15, 0.2) is 54.6 Å². The van der Waals surface area contributed by atoms with Gasteiger partial charge in [0.2, 0.25) is 0 Å². The van der Waals surface area contributed by atoms with Crippen molar-refractivity contribution in [2.45, 2.75) is 25.8 Å². The third-order valence-corrected chi connectivity index (χ3v) is 3.59. The first kappa shape index (κ1) is 17.5. The molecule has 0 fully saturated rings. The number of carbonyl (C=O) groups excluding carboxylic acids is 2. The summed E-state index contributed by atoms with van der Waals surface area (Å²) in [6.45, 7) is 1.71. The maximum atomic E-state index is 12.4. The molecule has 0 aliphatic carbocycles. The Labute approximate surface area is 141 Å². The van der Waals surface area contributed by atoms with Crippen LogP contribution in [0.4, 0.5) is 0 Å². The van der Waals surface area contributed by atoms with E-state index in [1.807, 2.05) is 25.1 Å². The molecule has 5 nitrogen and oxygen atoms in total. The van der Waals surface area contributed by atoms with Gasteiger partial charge in [-0.25, -0.2) is 0 Å². The van der Waals surface area contributed by atoms with Crippen LogP contribution in [0.2, 0.25) is 0 Å². The summed E-state index contributed by atoms with van der Waals surface area (Å²) >= 11 is 0. The monoisotopic (exact) mass is 326 g/mol. The minimum Gasteiger partial charge on any atom is -0.483 e. The molecule has 5 heteroatoms. The Balaban J connectivity index is 1.92. The van der Waals surface area contributed by atoms with Gasteiger partial charge in [0, 0.05) is 6.04 Å². The summed E-state index contributed by atoms with van der Waals surface area (Å²) in [5.41, 5.74) is 6.71. The highest BCUT2D eigenvalue weighted by Crippen LogP contribution is 2.18. The second-order valence-electron chi connectivity index (χ2n) is 5.65. The van der Waals surface area contributed by atoms with E-state index in [2.05, 4.69) is 17.4 Å². The predicted molar refractivity (Wildman–Crippen MR) is 92.8 cm³/mol. The molecule has 0 aliphatic rings. The van der Waals surface area contributed by atoms with E-state index < -0.39 is 5.91 Å². The summed E-state index contributed by atoms with van der Waals surface area (Å²) < 4.78 is 5.30. The fraction of sp³-hybridized carbons (Fsp3) is 0.263. The molecule has 0 bridgehead atoms. The van der Waals surface area contributed by atoms with Gasteiger partial charge < -0.3 is 15.8 Å². The van der Waals surface area contributed by atoms with E-state index >= 15 is 0 Å². The average molecular weight is 326 g/mol. The van der Waals surface area contributed by atoms with Gasteiger partial charge in [0.15, 0.2) is 6.61 Å². The van der Waals surface area contributed by atoms with Crippen LogP contribution in [0.25, 0.3) is 0 Å². The van der Waals surface area contributed by atoms with E-state index in [0.29, 0.717) is 11.3 Å². The second-order valence-corrected chi connectivity index (χ2v) is 5.65. The van der Waals surface area contributed by atoms with E-state index in [1.54, 1.807) is 24.3 Å². The highest BCUT2D eigenvalue weighted by molar-refractivity contribution is 5.97.